The van der Waals surface area contributed by atoms with Gasteiger partial charge in [0.2, 0.25) is 0 Å². The zero-order valence-electron chi connectivity index (χ0n) is 8.43. The number of fused-ring (bicyclic) bond motifs is 1. The first-order chi connectivity index (χ1) is 7.42. The lowest BCUT2D eigenvalue weighted by Gasteiger charge is -2.00. The average molecular weight is 215 g/mol. The Morgan fingerprint density at radius 3 is 2.93 bits per heavy atom. The Bertz CT molecular complexity index is 471. The molecule has 1 aromatic heterocycles. The normalized spacial score (nSPS) is 11.3. The highest BCUT2D eigenvalue weighted by atomic mass is 32.1. The molecule has 2 aromatic rings. The molecule has 1 aromatic carbocycles. The lowest BCUT2D eigenvalue weighted by molar-refractivity contribution is 1.26. The van der Waals surface area contributed by atoms with E-state index in [0.29, 0.717) is 0 Å². The highest BCUT2D eigenvalue weighted by Crippen LogP contribution is 2.18. The van der Waals surface area contributed by atoms with E-state index in [-0.39, 0.29) is 0 Å². The van der Waals surface area contributed by atoms with Crippen LogP contribution in [0.15, 0.2) is 42.7 Å². The second-order valence-electron chi connectivity index (χ2n) is 3.36. The van der Waals surface area contributed by atoms with Crippen molar-refractivity contribution in [3.63, 3.8) is 0 Å². The van der Waals surface area contributed by atoms with Crippen LogP contribution < -0.4 is 0 Å². The second-order valence-corrected chi connectivity index (χ2v) is 3.81. The molecule has 0 saturated carbocycles. The van der Waals surface area contributed by atoms with Crippen molar-refractivity contribution in [2.45, 2.75) is 6.42 Å². The molecular weight excluding hydrogens is 202 g/mol. The van der Waals surface area contributed by atoms with Crippen LogP contribution in [0.1, 0.15) is 12.0 Å². The van der Waals surface area contributed by atoms with Gasteiger partial charge >= 0.3 is 0 Å². The van der Waals surface area contributed by atoms with Crippen LogP contribution in [0.5, 0.6) is 0 Å². The predicted octanol–water partition coefficient (Wildman–Crippen LogP) is 3.57. The van der Waals surface area contributed by atoms with Gasteiger partial charge in [-0.05, 0) is 17.6 Å². The fraction of sp³-hybridized carbons (Fsp3) is 0.154. The molecule has 0 aliphatic rings. The van der Waals surface area contributed by atoms with E-state index in [1.165, 1.54) is 16.3 Å². The molecule has 0 radical (unpaired) electrons. The summed E-state index contributed by atoms with van der Waals surface area (Å²) in [7, 11) is 0. The van der Waals surface area contributed by atoms with Crippen molar-refractivity contribution >= 4 is 29.5 Å². The quantitative estimate of drug-likeness (QED) is 0.772. The molecule has 0 bridgehead atoms. The first-order valence-electron chi connectivity index (χ1n) is 5.02. The Hall–Kier alpha value is -1.28. The Kier molecular flexibility index (Phi) is 3.41. The van der Waals surface area contributed by atoms with Gasteiger partial charge in [-0.25, -0.2) is 0 Å². The van der Waals surface area contributed by atoms with Crippen molar-refractivity contribution < 1.29 is 0 Å². The van der Waals surface area contributed by atoms with E-state index >= 15 is 0 Å². The van der Waals surface area contributed by atoms with Gasteiger partial charge in [0, 0.05) is 23.3 Å². The van der Waals surface area contributed by atoms with Crippen LogP contribution in [-0.4, -0.2) is 10.7 Å². The Morgan fingerprint density at radius 2 is 2.07 bits per heavy atom. The molecule has 1 nitrogen and oxygen atoms in total. The minimum atomic E-state index is 0.884. The molecule has 0 amide bonds. The summed E-state index contributed by atoms with van der Waals surface area (Å²) < 4.78 is 0. The summed E-state index contributed by atoms with van der Waals surface area (Å²) in [5.41, 5.74) is 1.18. The van der Waals surface area contributed by atoms with Crippen LogP contribution in [-0.2, 0) is 0 Å². The molecule has 76 valence electrons. The SMILES string of the molecule is SCCC=Cc1cncc2ccccc12. The molecule has 0 saturated heterocycles. The fourth-order valence-corrected chi connectivity index (χ4v) is 1.71. The maximum Gasteiger partial charge on any atom is 0.0346 e. The summed E-state index contributed by atoms with van der Waals surface area (Å²) in [6, 6.07) is 8.29. The van der Waals surface area contributed by atoms with Crippen LogP contribution in [0.2, 0.25) is 0 Å². The molecule has 0 aliphatic carbocycles. The molecule has 2 rings (SSSR count). The number of hydrogen-bond donors (Lipinski definition) is 1. The van der Waals surface area contributed by atoms with E-state index in [1.807, 2.05) is 18.5 Å². The van der Waals surface area contributed by atoms with Crippen molar-refractivity contribution in [1.82, 2.24) is 4.98 Å². The molecular formula is C13H13NS. The number of benzene rings is 1. The summed E-state index contributed by atoms with van der Waals surface area (Å²) in [4.78, 5) is 4.22. The number of hydrogen-bond acceptors (Lipinski definition) is 2. The topological polar surface area (TPSA) is 12.9 Å². The number of allylic oxidation sites excluding steroid dienone is 1. The number of aromatic nitrogens is 1. The molecule has 0 aliphatic heterocycles. The summed E-state index contributed by atoms with van der Waals surface area (Å²) in [6.45, 7) is 0. The fourth-order valence-electron chi connectivity index (χ4n) is 1.56. The summed E-state index contributed by atoms with van der Waals surface area (Å²) in [5.74, 6) is 0.884. The summed E-state index contributed by atoms with van der Waals surface area (Å²) in [5, 5.41) is 2.44. The molecule has 0 spiro atoms. The van der Waals surface area contributed by atoms with Crippen molar-refractivity contribution in [3.8, 4) is 0 Å². The maximum absolute atomic E-state index is 4.22. The predicted molar refractivity (Wildman–Crippen MR) is 69.2 cm³/mol. The molecule has 0 N–H and O–H groups in total. The summed E-state index contributed by atoms with van der Waals surface area (Å²) >= 11 is 4.17. The van der Waals surface area contributed by atoms with Gasteiger partial charge in [-0.3, -0.25) is 4.98 Å². The van der Waals surface area contributed by atoms with E-state index < -0.39 is 0 Å². The Morgan fingerprint density at radius 1 is 1.20 bits per heavy atom. The van der Waals surface area contributed by atoms with Crippen molar-refractivity contribution in [2.75, 3.05) is 5.75 Å². The monoisotopic (exact) mass is 215 g/mol. The molecule has 15 heavy (non-hydrogen) atoms. The molecule has 0 fully saturated rings. The first kappa shape index (κ1) is 10.2. The van der Waals surface area contributed by atoms with E-state index in [9.17, 15) is 0 Å². The highest BCUT2D eigenvalue weighted by Gasteiger charge is 1.96. The third kappa shape index (κ3) is 2.39. The van der Waals surface area contributed by atoms with Crippen LogP contribution in [0.4, 0.5) is 0 Å². The van der Waals surface area contributed by atoms with Crippen molar-refractivity contribution in [1.29, 1.82) is 0 Å². The van der Waals surface area contributed by atoms with E-state index in [4.69, 9.17) is 0 Å². The van der Waals surface area contributed by atoms with Gasteiger partial charge in [0.15, 0.2) is 0 Å². The van der Waals surface area contributed by atoms with Gasteiger partial charge in [-0.15, -0.1) is 0 Å². The molecule has 2 heteroatoms. The van der Waals surface area contributed by atoms with Gasteiger partial charge in [0.25, 0.3) is 0 Å². The van der Waals surface area contributed by atoms with Gasteiger partial charge in [-0.2, -0.15) is 12.6 Å². The number of rotatable bonds is 3. The van der Waals surface area contributed by atoms with Crippen LogP contribution >= 0.6 is 12.6 Å². The minimum Gasteiger partial charge on any atom is -0.263 e. The van der Waals surface area contributed by atoms with Gasteiger partial charge < -0.3 is 0 Å². The first-order valence-corrected chi connectivity index (χ1v) is 5.65. The summed E-state index contributed by atoms with van der Waals surface area (Å²) in [6.07, 6.45) is 9.04. The lowest BCUT2D eigenvalue weighted by Crippen LogP contribution is -1.81. The Balaban J connectivity index is 2.42. The van der Waals surface area contributed by atoms with E-state index in [1.54, 1.807) is 0 Å². The largest absolute Gasteiger partial charge is 0.263 e. The maximum atomic E-state index is 4.22. The minimum absolute atomic E-state index is 0.884. The molecule has 0 unspecified atom stereocenters. The van der Waals surface area contributed by atoms with Gasteiger partial charge in [-0.1, -0.05) is 36.4 Å². The van der Waals surface area contributed by atoms with Crippen LogP contribution in [0.3, 0.4) is 0 Å². The van der Waals surface area contributed by atoms with E-state index in [0.717, 1.165) is 12.2 Å². The second kappa shape index (κ2) is 4.99. The highest BCUT2D eigenvalue weighted by molar-refractivity contribution is 7.80. The van der Waals surface area contributed by atoms with Gasteiger partial charge in [0.05, 0.1) is 0 Å². The standard InChI is InChI=1S/C13H13NS/c15-8-4-3-6-12-10-14-9-11-5-1-2-7-13(11)12/h1-3,5-7,9-10,15H,4,8H2. The number of nitrogens with zero attached hydrogens (tertiary/aromatic N) is 1. The Labute approximate surface area is 95.3 Å². The average Bonchev–Trinajstić information content (AvgIpc) is 2.30. The lowest BCUT2D eigenvalue weighted by atomic mass is 10.1. The van der Waals surface area contributed by atoms with Crippen molar-refractivity contribution in [2.24, 2.45) is 0 Å². The van der Waals surface area contributed by atoms with E-state index in [2.05, 4.69) is 48.0 Å². The third-order valence-corrected chi connectivity index (χ3v) is 2.55. The number of thiol groups is 1. The molecule has 1 heterocycles. The number of pyridine rings is 1. The van der Waals surface area contributed by atoms with Gasteiger partial charge in [0.1, 0.15) is 0 Å². The van der Waals surface area contributed by atoms with Crippen LogP contribution in [0, 0.1) is 0 Å². The third-order valence-electron chi connectivity index (χ3n) is 2.29. The zero-order valence-corrected chi connectivity index (χ0v) is 9.32. The molecule has 0 atom stereocenters. The van der Waals surface area contributed by atoms with Crippen molar-refractivity contribution in [3.05, 3.63) is 48.3 Å². The smallest absolute Gasteiger partial charge is 0.0346 e. The zero-order chi connectivity index (χ0) is 10.5. The van der Waals surface area contributed by atoms with Crippen LogP contribution in [0.25, 0.3) is 16.8 Å².